The van der Waals surface area contributed by atoms with Gasteiger partial charge in [-0.2, -0.15) is 0 Å². The zero-order chi connectivity index (χ0) is 11.6. The lowest BCUT2D eigenvalue weighted by atomic mass is 10.0. The second-order valence-corrected chi connectivity index (χ2v) is 4.76. The van der Waals surface area contributed by atoms with Crippen LogP contribution >= 0.6 is 0 Å². The van der Waals surface area contributed by atoms with Crippen molar-refractivity contribution >= 4 is 11.9 Å². The summed E-state index contributed by atoms with van der Waals surface area (Å²) in [5.41, 5.74) is -0.0116. The lowest BCUT2D eigenvalue weighted by Gasteiger charge is -2.27. The quantitative estimate of drug-likeness (QED) is 0.703. The molecule has 1 aliphatic rings. The van der Waals surface area contributed by atoms with Crippen LogP contribution in [0.25, 0.3) is 0 Å². The molecule has 0 bridgehead atoms. The Bertz CT molecular complexity index is 307. The molecule has 4 nitrogen and oxygen atoms in total. The average molecular weight is 212 g/mol. The summed E-state index contributed by atoms with van der Waals surface area (Å²) in [7, 11) is 0. The number of aliphatic carboxylic acids is 1. The summed E-state index contributed by atoms with van der Waals surface area (Å²) in [6.07, 6.45) is 0.321. The molecule has 0 saturated heterocycles. The molecule has 1 aliphatic carbocycles. The van der Waals surface area contributed by atoms with Crippen LogP contribution in [0.2, 0.25) is 0 Å². The Labute approximate surface area is 88.9 Å². The molecule has 1 N–H and O–H groups in total. The third-order valence-electron chi connectivity index (χ3n) is 2.36. The number of hydrogen-bond donors (Lipinski definition) is 1. The summed E-state index contributed by atoms with van der Waals surface area (Å²) in [4.78, 5) is 21.6. The van der Waals surface area contributed by atoms with E-state index in [2.05, 4.69) is 0 Å². The van der Waals surface area contributed by atoms with Gasteiger partial charge in [-0.05, 0) is 33.6 Å². The Morgan fingerprint density at radius 3 is 2.53 bits per heavy atom. The zero-order valence-electron chi connectivity index (χ0n) is 9.24. The SMILES string of the molecule is CC(C)(C)OC1C(=C=O)CCC1C(=O)O. The highest BCUT2D eigenvalue weighted by atomic mass is 16.5. The highest BCUT2D eigenvalue weighted by molar-refractivity contribution is 5.74. The molecule has 4 heteroatoms. The molecule has 0 heterocycles. The number of carbonyl (C=O) groups is 1. The number of rotatable bonds is 2. The number of carboxylic acid groups (broad SMARTS) is 1. The van der Waals surface area contributed by atoms with Crippen molar-refractivity contribution in [3.8, 4) is 0 Å². The summed E-state index contributed by atoms with van der Waals surface area (Å²) < 4.78 is 5.60. The number of carboxylic acids is 1. The molecule has 2 unspecified atom stereocenters. The van der Waals surface area contributed by atoms with Crippen molar-refractivity contribution in [1.82, 2.24) is 0 Å². The van der Waals surface area contributed by atoms with Gasteiger partial charge in [0.2, 0.25) is 0 Å². The van der Waals surface area contributed by atoms with Gasteiger partial charge in [-0.25, -0.2) is 4.79 Å². The molecule has 2 atom stereocenters. The molecule has 0 spiro atoms. The standard InChI is InChI=1S/C11H16O4/c1-11(2,3)15-9-7(6-12)4-5-8(9)10(13)14/h8-9H,4-5H2,1-3H3,(H,13,14). The maximum absolute atomic E-state index is 10.9. The van der Waals surface area contributed by atoms with Crippen LogP contribution in [0.5, 0.6) is 0 Å². The summed E-state index contributed by atoms with van der Waals surface area (Å²) in [6.45, 7) is 5.52. The minimum atomic E-state index is -0.908. The first-order valence-electron chi connectivity index (χ1n) is 4.99. The number of carbonyl (C=O) groups excluding carboxylic acids is 1. The average Bonchev–Trinajstić information content (AvgIpc) is 2.44. The minimum absolute atomic E-state index is 0.442. The van der Waals surface area contributed by atoms with E-state index in [-0.39, 0.29) is 0 Å². The Kier molecular flexibility index (Phi) is 3.32. The molecule has 1 fully saturated rings. The monoisotopic (exact) mass is 212 g/mol. The normalized spacial score (nSPS) is 26.5. The van der Waals surface area contributed by atoms with Crippen LogP contribution in [0.1, 0.15) is 33.6 Å². The third-order valence-corrected chi connectivity index (χ3v) is 2.36. The molecular formula is C11H16O4. The van der Waals surface area contributed by atoms with Gasteiger partial charge in [0, 0.05) is 5.57 Å². The zero-order valence-corrected chi connectivity index (χ0v) is 9.24. The Hall–Kier alpha value is -1.12. The first-order chi connectivity index (χ1) is 6.85. The molecule has 15 heavy (non-hydrogen) atoms. The smallest absolute Gasteiger partial charge is 0.309 e. The fourth-order valence-electron chi connectivity index (χ4n) is 1.74. The summed E-state index contributed by atoms with van der Waals surface area (Å²) >= 11 is 0. The van der Waals surface area contributed by atoms with E-state index < -0.39 is 23.6 Å². The highest BCUT2D eigenvalue weighted by Gasteiger charge is 2.40. The van der Waals surface area contributed by atoms with Gasteiger partial charge in [0.05, 0.1) is 11.5 Å². The number of ether oxygens (including phenoxy) is 1. The Morgan fingerprint density at radius 1 is 1.53 bits per heavy atom. The molecule has 0 aliphatic heterocycles. The molecule has 1 saturated carbocycles. The van der Waals surface area contributed by atoms with Gasteiger partial charge in [-0.15, -0.1) is 0 Å². The molecule has 0 aromatic rings. The fourth-order valence-corrected chi connectivity index (χ4v) is 1.74. The summed E-state index contributed by atoms with van der Waals surface area (Å²) in [5.74, 6) is 0.281. The van der Waals surface area contributed by atoms with Crippen LogP contribution in [0.15, 0.2) is 5.57 Å². The predicted octanol–water partition coefficient (Wildman–Crippen LogP) is 1.42. The number of hydrogen-bond acceptors (Lipinski definition) is 3. The Morgan fingerprint density at radius 2 is 2.13 bits per heavy atom. The van der Waals surface area contributed by atoms with Gasteiger partial charge in [-0.1, -0.05) is 0 Å². The fraction of sp³-hybridized carbons (Fsp3) is 0.727. The van der Waals surface area contributed by atoms with Gasteiger partial charge in [0.1, 0.15) is 12.0 Å². The van der Waals surface area contributed by atoms with Gasteiger partial charge >= 0.3 is 5.97 Å². The maximum atomic E-state index is 10.9. The van der Waals surface area contributed by atoms with Gasteiger partial charge in [0.25, 0.3) is 0 Å². The molecule has 84 valence electrons. The molecule has 0 aromatic heterocycles. The van der Waals surface area contributed by atoms with E-state index in [0.29, 0.717) is 18.4 Å². The lowest BCUT2D eigenvalue weighted by molar-refractivity contribution is -0.148. The van der Waals surface area contributed by atoms with Crippen LogP contribution in [-0.2, 0) is 14.3 Å². The predicted molar refractivity (Wildman–Crippen MR) is 54.2 cm³/mol. The van der Waals surface area contributed by atoms with Crippen LogP contribution in [0.3, 0.4) is 0 Å². The van der Waals surface area contributed by atoms with Crippen molar-refractivity contribution in [3.63, 3.8) is 0 Å². The third kappa shape index (κ3) is 2.91. The molecular weight excluding hydrogens is 196 g/mol. The van der Waals surface area contributed by atoms with E-state index >= 15 is 0 Å². The van der Waals surface area contributed by atoms with E-state index in [1.807, 2.05) is 20.8 Å². The van der Waals surface area contributed by atoms with E-state index in [0.717, 1.165) is 0 Å². The van der Waals surface area contributed by atoms with Crippen molar-refractivity contribution in [2.75, 3.05) is 0 Å². The van der Waals surface area contributed by atoms with Crippen LogP contribution in [0, 0.1) is 5.92 Å². The van der Waals surface area contributed by atoms with E-state index in [9.17, 15) is 9.59 Å². The van der Waals surface area contributed by atoms with Crippen molar-refractivity contribution in [3.05, 3.63) is 5.57 Å². The molecule has 0 radical (unpaired) electrons. The summed E-state index contributed by atoms with van der Waals surface area (Å²) in [6, 6.07) is 0. The minimum Gasteiger partial charge on any atom is -0.481 e. The first-order valence-corrected chi connectivity index (χ1v) is 4.99. The van der Waals surface area contributed by atoms with Crippen molar-refractivity contribution in [2.24, 2.45) is 5.92 Å². The molecule has 0 aromatic carbocycles. The lowest BCUT2D eigenvalue weighted by Crippen LogP contribution is -2.34. The van der Waals surface area contributed by atoms with Gasteiger partial charge < -0.3 is 9.84 Å². The Balaban J connectivity index is 2.87. The van der Waals surface area contributed by atoms with Crippen molar-refractivity contribution < 1.29 is 19.4 Å². The topological polar surface area (TPSA) is 63.6 Å². The van der Waals surface area contributed by atoms with Crippen molar-refractivity contribution in [2.45, 2.75) is 45.3 Å². The maximum Gasteiger partial charge on any atom is 0.309 e. The van der Waals surface area contributed by atoms with Gasteiger partial charge in [0.15, 0.2) is 0 Å². The van der Waals surface area contributed by atoms with Crippen LogP contribution in [0.4, 0.5) is 0 Å². The van der Waals surface area contributed by atoms with Gasteiger partial charge in [-0.3, -0.25) is 4.79 Å². The largest absolute Gasteiger partial charge is 0.481 e. The first kappa shape index (κ1) is 12.0. The second kappa shape index (κ2) is 4.17. The van der Waals surface area contributed by atoms with Crippen molar-refractivity contribution in [1.29, 1.82) is 0 Å². The highest BCUT2D eigenvalue weighted by Crippen LogP contribution is 2.34. The molecule has 1 rings (SSSR count). The van der Waals surface area contributed by atoms with E-state index in [1.54, 1.807) is 5.94 Å². The second-order valence-electron chi connectivity index (χ2n) is 4.76. The van der Waals surface area contributed by atoms with Crippen LogP contribution in [-0.4, -0.2) is 28.7 Å². The van der Waals surface area contributed by atoms with Crippen LogP contribution < -0.4 is 0 Å². The summed E-state index contributed by atoms with van der Waals surface area (Å²) in [5, 5.41) is 8.97. The molecule has 0 amide bonds. The van der Waals surface area contributed by atoms with E-state index in [4.69, 9.17) is 9.84 Å². The van der Waals surface area contributed by atoms with E-state index in [1.165, 1.54) is 0 Å².